The lowest BCUT2D eigenvalue weighted by Gasteiger charge is -2.33. The molecule has 0 radical (unpaired) electrons. The van der Waals surface area contributed by atoms with Crippen LogP contribution in [0.15, 0.2) is 30.3 Å². The number of amides is 1. The fourth-order valence-corrected chi connectivity index (χ4v) is 5.99. The van der Waals surface area contributed by atoms with Gasteiger partial charge >= 0.3 is 5.97 Å². The highest BCUT2D eigenvalue weighted by atomic mass is 16.5. The number of ether oxygens (including phenoxy) is 1. The van der Waals surface area contributed by atoms with Crippen molar-refractivity contribution in [3.05, 3.63) is 36.0 Å². The predicted molar refractivity (Wildman–Crippen MR) is 120 cm³/mol. The summed E-state index contributed by atoms with van der Waals surface area (Å²) in [5.41, 5.74) is 2.66. The molecule has 3 saturated heterocycles. The Labute approximate surface area is 184 Å². The molecule has 2 aromatic rings. The third-order valence-electron chi connectivity index (χ3n) is 7.49. The molecule has 1 aromatic carbocycles. The molecule has 5 rings (SSSR count). The van der Waals surface area contributed by atoms with Crippen molar-refractivity contribution in [2.45, 2.75) is 76.5 Å². The van der Waals surface area contributed by atoms with Crippen LogP contribution in [-0.4, -0.2) is 64.1 Å². The minimum atomic E-state index is -0.224. The zero-order valence-electron chi connectivity index (χ0n) is 18.5. The summed E-state index contributed by atoms with van der Waals surface area (Å²) < 4.78 is 7.58. The maximum Gasteiger partial charge on any atom is 0.323 e. The zero-order chi connectivity index (χ0) is 21.4. The number of aromatic nitrogens is 1. The quantitative estimate of drug-likeness (QED) is 0.669. The van der Waals surface area contributed by atoms with Crippen molar-refractivity contribution < 1.29 is 14.3 Å². The van der Waals surface area contributed by atoms with Gasteiger partial charge in [-0.1, -0.05) is 18.2 Å². The van der Waals surface area contributed by atoms with Crippen LogP contribution in [0.3, 0.4) is 0 Å². The van der Waals surface area contributed by atoms with Gasteiger partial charge in [0.1, 0.15) is 6.04 Å². The molecule has 0 N–H and O–H groups in total. The highest BCUT2D eigenvalue weighted by Gasteiger charge is 2.44. The third-order valence-corrected chi connectivity index (χ3v) is 7.49. The molecular formula is C25H33N3O3. The summed E-state index contributed by atoms with van der Waals surface area (Å²) in [6.07, 6.45) is 6.70. The van der Waals surface area contributed by atoms with E-state index in [9.17, 15) is 9.59 Å². The monoisotopic (exact) mass is 423 g/mol. The van der Waals surface area contributed by atoms with Crippen molar-refractivity contribution in [2.24, 2.45) is 0 Å². The molecule has 0 saturated carbocycles. The standard InChI is InChI=1S/C25H33N3O3/c1-2-26-20(17-18-7-3-4-9-21(18)26)12-11-19-8-5-14-27(19)24(29)22-10-6-15-28(22)23-13-16-31-25(23)30/h3-4,7,9,17,19,22-23H,2,5-6,8,10-16H2,1H3/t19-,22?,23?/m0/s1. The molecule has 2 unspecified atom stereocenters. The molecule has 0 spiro atoms. The van der Waals surface area contributed by atoms with Gasteiger partial charge in [0.15, 0.2) is 0 Å². The van der Waals surface area contributed by atoms with E-state index in [1.807, 2.05) is 0 Å². The number of cyclic esters (lactones) is 1. The van der Waals surface area contributed by atoms with Gasteiger partial charge in [-0.25, -0.2) is 0 Å². The fraction of sp³-hybridized carbons (Fsp3) is 0.600. The SMILES string of the molecule is CCn1c(CC[C@@H]2CCCN2C(=O)C2CCCN2C2CCOC2=O)cc2ccccc21. The summed E-state index contributed by atoms with van der Waals surface area (Å²) in [5, 5.41) is 1.30. The van der Waals surface area contributed by atoms with Crippen LogP contribution < -0.4 is 0 Å². The van der Waals surface area contributed by atoms with E-state index in [1.54, 1.807) is 0 Å². The molecule has 1 aromatic heterocycles. The van der Waals surface area contributed by atoms with Crippen molar-refractivity contribution in [3.8, 4) is 0 Å². The number of esters is 1. The van der Waals surface area contributed by atoms with Crippen LogP contribution in [0.5, 0.6) is 0 Å². The van der Waals surface area contributed by atoms with Gasteiger partial charge in [0, 0.05) is 36.8 Å². The Morgan fingerprint density at radius 1 is 1.13 bits per heavy atom. The average molecular weight is 424 g/mol. The summed E-state index contributed by atoms with van der Waals surface area (Å²) in [6, 6.07) is 10.8. The Morgan fingerprint density at radius 3 is 2.77 bits per heavy atom. The number of rotatable bonds is 6. The Hall–Kier alpha value is -2.34. The highest BCUT2D eigenvalue weighted by molar-refractivity contribution is 5.85. The lowest BCUT2D eigenvalue weighted by atomic mass is 10.1. The van der Waals surface area contributed by atoms with E-state index in [0.29, 0.717) is 19.1 Å². The first-order valence-corrected chi connectivity index (χ1v) is 12.0. The number of hydrogen-bond acceptors (Lipinski definition) is 4. The van der Waals surface area contributed by atoms with Crippen molar-refractivity contribution in [2.75, 3.05) is 19.7 Å². The normalized spacial score (nSPS) is 26.8. The molecule has 31 heavy (non-hydrogen) atoms. The van der Waals surface area contributed by atoms with Gasteiger partial charge in [0.25, 0.3) is 0 Å². The Kier molecular flexibility index (Phi) is 5.74. The Morgan fingerprint density at radius 2 is 1.97 bits per heavy atom. The maximum absolute atomic E-state index is 13.5. The number of para-hydroxylation sites is 1. The first-order chi connectivity index (χ1) is 15.2. The summed E-state index contributed by atoms with van der Waals surface area (Å²) in [6.45, 7) is 5.32. The minimum Gasteiger partial charge on any atom is -0.464 e. The molecule has 3 fully saturated rings. The largest absolute Gasteiger partial charge is 0.464 e. The number of carbonyl (C=O) groups is 2. The van der Waals surface area contributed by atoms with E-state index in [1.165, 1.54) is 16.6 Å². The van der Waals surface area contributed by atoms with Gasteiger partial charge in [-0.15, -0.1) is 0 Å². The lowest BCUT2D eigenvalue weighted by molar-refractivity contribution is -0.145. The second kappa shape index (κ2) is 8.65. The second-order valence-corrected chi connectivity index (χ2v) is 9.17. The van der Waals surface area contributed by atoms with Gasteiger partial charge in [-0.2, -0.15) is 0 Å². The smallest absolute Gasteiger partial charge is 0.323 e. The van der Waals surface area contributed by atoms with Gasteiger partial charge in [-0.3, -0.25) is 14.5 Å². The van der Waals surface area contributed by atoms with Gasteiger partial charge in [0.05, 0.1) is 12.6 Å². The molecule has 166 valence electrons. The summed E-state index contributed by atoms with van der Waals surface area (Å²) in [4.78, 5) is 29.9. The molecule has 0 aliphatic carbocycles. The van der Waals surface area contributed by atoms with Gasteiger partial charge < -0.3 is 14.2 Å². The van der Waals surface area contributed by atoms with Crippen LogP contribution in [-0.2, 0) is 27.3 Å². The van der Waals surface area contributed by atoms with E-state index in [4.69, 9.17) is 4.74 Å². The maximum atomic E-state index is 13.5. The zero-order valence-corrected chi connectivity index (χ0v) is 18.5. The molecular weight excluding hydrogens is 390 g/mol. The number of fused-ring (bicyclic) bond motifs is 1. The van der Waals surface area contributed by atoms with Crippen molar-refractivity contribution in [1.29, 1.82) is 0 Å². The van der Waals surface area contributed by atoms with Crippen LogP contribution in [0.2, 0.25) is 0 Å². The molecule has 0 bridgehead atoms. The molecule has 6 nitrogen and oxygen atoms in total. The van der Waals surface area contributed by atoms with Crippen molar-refractivity contribution in [3.63, 3.8) is 0 Å². The van der Waals surface area contributed by atoms with Crippen LogP contribution in [0, 0.1) is 0 Å². The number of hydrogen-bond donors (Lipinski definition) is 0. The molecule has 6 heteroatoms. The Bertz CT molecular complexity index is 968. The highest BCUT2D eigenvalue weighted by Crippen LogP contribution is 2.30. The molecule has 3 aliphatic rings. The molecule has 3 aliphatic heterocycles. The summed E-state index contributed by atoms with van der Waals surface area (Å²) >= 11 is 0. The first-order valence-electron chi connectivity index (χ1n) is 12.0. The van der Waals surface area contributed by atoms with Crippen molar-refractivity contribution >= 4 is 22.8 Å². The first kappa shape index (κ1) is 20.6. The van der Waals surface area contributed by atoms with E-state index < -0.39 is 0 Å². The van der Waals surface area contributed by atoms with E-state index >= 15 is 0 Å². The van der Waals surface area contributed by atoms with Crippen LogP contribution >= 0.6 is 0 Å². The number of benzene rings is 1. The molecule has 4 heterocycles. The van der Waals surface area contributed by atoms with Crippen molar-refractivity contribution in [1.82, 2.24) is 14.4 Å². The van der Waals surface area contributed by atoms with E-state index in [-0.39, 0.29) is 24.0 Å². The summed E-state index contributed by atoms with van der Waals surface area (Å²) in [7, 11) is 0. The van der Waals surface area contributed by atoms with E-state index in [0.717, 1.165) is 58.2 Å². The number of aryl methyl sites for hydroxylation is 2. The molecule has 3 atom stereocenters. The topological polar surface area (TPSA) is 54.8 Å². The molecule has 1 amide bonds. The average Bonchev–Trinajstić information content (AvgIpc) is 3.56. The number of carbonyl (C=O) groups excluding carboxylic acids is 2. The van der Waals surface area contributed by atoms with Crippen LogP contribution in [0.4, 0.5) is 0 Å². The predicted octanol–water partition coefficient (Wildman–Crippen LogP) is 3.36. The van der Waals surface area contributed by atoms with Crippen LogP contribution in [0.1, 0.15) is 51.1 Å². The summed E-state index contributed by atoms with van der Waals surface area (Å²) in [5.74, 6) is 0.0841. The van der Waals surface area contributed by atoms with E-state index in [2.05, 4.69) is 51.6 Å². The fourth-order valence-electron chi connectivity index (χ4n) is 5.99. The van der Waals surface area contributed by atoms with Crippen LogP contribution in [0.25, 0.3) is 10.9 Å². The third kappa shape index (κ3) is 3.75. The van der Waals surface area contributed by atoms with Gasteiger partial charge in [-0.05, 0) is 69.5 Å². The lowest BCUT2D eigenvalue weighted by Crippen LogP contribution is -2.51. The van der Waals surface area contributed by atoms with Gasteiger partial charge in [0.2, 0.25) is 5.91 Å². The number of likely N-dealkylation sites (tertiary alicyclic amines) is 2. The second-order valence-electron chi connectivity index (χ2n) is 9.17. The minimum absolute atomic E-state index is 0.148. The Balaban J connectivity index is 1.28. The number of nitrogens with zero attached hydrogens (tertiary/aromatic N) is 3.